The van der Waals surface area contributed by atoms with Gasteiger partial charge in [0.15, 0.2) is 0 Å². The first kappa shape index (κ1) is 14.9. The Kier molecular flexibility index (Phi) is 9.66. The molecular formula is C10H18N2O4. The lowest BCUT2D eigenvalue weighted by molar-refractivity contribution is -0.121. The second-order valence-electron chi connectivity index (χ2n) is 2.88. The second kappa shape index (κ2) is 10.4. The molecule has 0 aliphatic carbocycles. The molecule has 0 radical (unpaired) electrons. The van der Waals surface area contributed by atoms with Crippen LogP contribution in [-0.2, 0) is 14.3 Å². The molecule has 6 nitrogen and oxygen atoms in total. The van der Waals surface area contributed by atoms with Gasteiger partial charge in [0, 0.05) is 6.54 Å². The number of carbonyl (C=O) groups excluding carboxylic acids is 1. The fraction of sp³-hybridized carbons (Fsp3) is 0.700. The van der Waals surface area contributed by atoms with Gasteiger partial charge in [-0.05, 0) is 0 Å². The zero-order valence-electron chi connectivity index (χ0n) is 9.15. The van der Waals surface area contributed by atoms with Gasteiger partial charge in [0.1, 0.15) is 6.04 Å². The highest BCUT2D eigenvalue weighted by Crippen LogP contribution is 1.79. The van der Waals surface area contributed by atoms with Crippen LogP contribution in [-0.4, -0.2) is 56.6 Å². The van der Waals surface area contributed by atoms with Gasteiger partial charge in [-0.2, -0.15) is 0 Å². The summed E-state index contributed by atoms with van der Waals surface area (Å²) >= 11 is 0. The van der Waals surface area contributed by atoms with Crippen LogP contribution in [0, 0.1) is 12.3 Å². The highest BCUT2D eigenvalue weighted by molar-refractivity contribution is 5.84. The van der Waals surface area contributed by atoms with Crippen molar-refractivity contribution in [1.29, 1.82) is 0 Å². The van der Waals surface area contributed by atoms with Crippen LogP contribution in [0.1, 0.15) is 0 Å². The highest BCUT2D eigenvalue weighted by atomic mass is 16.5. The maximum Gasteiger partial charge on any atom is 0.249 e. The van der Waals surface area contributed by atoms with E-state index in [1.807, 2.05) is 0 Å². The third kappa shape index (κ3) is 8.20. The number of ether oxygens (including phenoxy) is 2. The monoisotopic (exact) mass is 230 g/mol. The van der Waals surface area contributed by atoms with Crippen LogP contribution in [0.2, 0.25) is 0 Å². The molecule has 92 valence electrons. The molecule has 1 amide bonds. The van der Waals surface area contributed by atoms with Crippen molar-refractivity contribution in [3.63, 3.8) is 0 Å². The van der Waals surface area contributed by atoms with E-state index < -0.39 is 6.04 Å². The minimum atomic E-state index is -0.909. The Morgan fingerprint density at radius 3 is 2.56 bits per heavy atom. The van der Waals surface area contributed by atoms with Crippen LogP contribution in [0.25, 0.3) is 0 Å². The lowest BCUT2D eigenvalue weighted by atomic mass is 10.3. The van der Waals surface area contributed by atoms with Gasteiger partial charge in [-0.15, -0.1) is 6.42 Å². The third-order valence-electron chi connectivity index (χ3n) is 1.62. The van der Waals surface area contributed by atoms with Crippen LogP contribution in [0.15, 0.2) is 0 Å². The molecule has 0 aromatic rings. The molecule has 0 aromatic carbocycles. The number of hydrogen-bond donors (Lipinski definition) is 3. The predicted octanol–water partition coefficient (Wildman–Crippen LogP) is -1.91. The van der Waals surface area contributed by atoms with E-state index in [0.717, 1.165) is 0 Å². The van der Waals surface area contributed by atoms with Gasteiger partial charge in [0.25, 0.3) is 0 Å². The fourth-order valence-electron chi connectivity index (χ4n) is 0.819. The largest absolute Gasteiger partial charge is 0.394 e. The predicted molar refractivity (Wildman–Crippen MR) is 58.5 cm³/mol. The summed E-state index contributed by atoms with van der Waals surface area (Å²) in [5.41, 5.74) is 5.28. The van der Waals surface area contributed by atoms with Crippen molar-refractivity contribution in [3.8, 4) is 12.3 Å². The van der Waals surface area contributed by atoms with Crippen LogP contribution in [0.4, 0.5) is 0 Å². The molecule has 0 saturated carbocycles. The first-order valence-corrected chi connectivity index (χ1v) is 4.98. The summed E-state index contributed by atoms with van der Waals surface area (Å²) in [5.74, 6) is 1.73. The molecule has 0 rings (SSSR count). The van der Waals surface area contributed by atoms with Crippen molar-refractivity contribution in [1.82, 2.24) is 5.32 Å². The number of rotatable bonds is 9. The number of hydrogen-bond acceptors (Lipinski definition) is 5. The van der Waals surface area contributed by atoms with Gasteiger partial charge >= 0.3 is 0 Å². The minimum Gasteiger partial charge on any atom is -0.394 e. The first-order chi connectivity index (χ1) is 7.72. The van der Waals surface area contributed by atoms with Gasteiger partial charge in [0.2, 0.25) is 5.91 Å². The average Bonchev–Trinajstić information content (AvgIpc) is 2.31. The molecule has 0 aromatic heterocycles. The Morgan fingerprint density at radius 2 is 2.00 bits per heavy atom. The number of aliphatic hydroxyl groups excluding tert-OH is 1. The molecule has 6 heteroatoms. The van der Waals surface area contributed by atoms with E-state index in [4.69, 9.17) is 26.7 Å². The summed E-state index contributed by atoms with van der Waals surface area (Å²) < 4.78 is 10.1. The van der Waals surface area contributed by atoms with Crippen LogP contribution < -0.4 is 11.1 Å². The molecule has 4 N–H and O–H groups in total. The molecule has 0 fully saturated rings. The minimum absolute atomic E-state index is 0.0000343. The van der Waals surface area contributed by atoms with Crippen molar-refractivity contribution in [2.45, 2.75) is 6.04 Å². The van der Waals surface area contributed by atoms with E-state index in [1.54, 1.807) is 0 Å². The number of carbonyl (C=O) groups is 1. The molecule has 1 unspecified atom stereocenters. The summed E-state index contributed by atoms with van der Waals surface area (Å²) in [5, 5.41) is 10.9. The maximum atomic E-state index is 11.1. The van der Waals surface area contributed by atoms with Gasteiger partial charge in [-0.1, -0.05) is 5.92 Å². The Labute approximate surface area is 95.1 Å². The molecule has 0 spiro atoms. The molecular weight excluding hydrogens is 212 g/mol. The van der Waals surface area contributed by atoms with Crippen molar-refractivity contribution < 1.29 is 19.4 Å². The van der Waals surface area contributed by atoms with E-state index in [-0.39, 0.29) is 12.5 Å². The molecule has 0 saturated heterocycles. The van der Waals surface area contributed by atoms with Gasteiger partial charge < -0.3 is 25.6 Å². The topological polar surface area (TPSA) is 93.8 Å². The quantitative estimate of drug-likeness (QED) is 0.317. The summed E-state index contributed by atoms with van der Waals surface area (Å²) in [6, 6.07) is -0.909. The molecule has 0 aliphatic rings. The lowest BCUT2D eigenvalue weighted by Gasteiger charge is -2.07. The molecule has 1 atom stereocenters. The Bertz CT molecular complexity index is 227. The van der Waals surface area contributed by atoms with Crippen molar-refractivity contribution in [2.24, 2.45) is 5.73 Å². The Balaban J connectivity index is 3.21. The number of nitrogens with two attached hydrogens (primary N) is 1. The molecule has 0 bridgehead atoms. The zero-order chi connectivity index (χ0) is 12.2. The number of nitrogens with one attached hydrogen (secondary N) is 1. The number of terminal acetylenes is 1. The molecule has 0 aliphatic heterocycles. The zero-order valence-corrected chi connectivity index (χ0v) is 9.15. The van der Waals surface area contributed by atoms with E-state index in [2.05, 4.69) is 11.2 Å². The Morgan fingerprint density at radius 1 is 1.38 bits per heavy atom. The van der Waals surface area contributed by atoms with Gasteiger partial charge in [0.05, 0.1) is 33.0 Å². The van der Waals surface area contributed by atoms with E-state index in [0.29, 0.717) is 33.0 Å². The van der Waals surface area contributed by atoms with E-state index in [1.165, 1.54) is 0 Å². The summed E-state index contributed by atoms with van der Waals surface area (Å²) in [7, 11) is 0. The standard InChI is InChI=1S/C10H18N2O4/c1-2-9(11)10(14)12-3-5-15-7-8-16-6-4-13/h1,9,13H,3-8,11H2,(H,12,14). The normalized spacial score (nSPS) is 11.8. The fourth-order valence-corrected chi connectivity index (χ4v) is 0.819. The summed E-state index contributed by atoms with van der Waals surface area (Å²) in [4.78, 5) is 11.1. The lowest BCUT2D eigenvalue weighted by Crippen LogP contribution is -2.40. The van der Waals surface area contributed by atoms with Crippen LogP contribution in [0.5, 0.6) is 0 Å². The van der Waals surface area contributed by atoms with Gasteiger partial charge in [-0.25, -0.2) is 0 Å². The second-order valence-corrected chi connectivity index (χ2v) is 2.88. The van der Waals surface area contributed by atoms with Gasteiger partial charge in [-0.3, -0.25) is 4.79 Å². The average molecular weight is 230 g/mol. The summed E-state index contributed by atoms with van der Waals surface area (Å²) in [6.45, 7) is 1.85. The van der Waals surface area contributed by atoms with Crippen LogP contribution in [0.3, 0.4) is 0 Å². The highest BCUT2D eigenvalue weighted by Gasteiger charge is 2.07. The smallest absolute Gasteiger partial charge is 0.249 e. The van der Waals surface area contributed by atoms with E-state index >= 15 is 0 Å². The SMILES string of the molecule is C#CC(N)C(=O)NCCOCCOCCO. The van der Waals surface area contributed by atoms with E-state index in [9.17, 15) is 4.79 Å². The Hall–Kier alpha value is -1.13. The third-order valence-corrected chi connectivity index (χ3v) is 1.62. The number of amides is 1. The van der Waals surface area contributed by atoms with Crippen molar-refractivity contribution in [3.05, 3.63) is 0 Å². The van der Waals surface area contributed by atoms with Crippen molar-refractivity contribution in [2.75, 3.05) is 39.6 Å². The van der Waals surface area contributed by atoms with Crippen LogP contribution >= 0.6 is 0 Å². The summed E-state index contributed by atoms with van der Waals surface area (Å²) in [6.07, 6.45) is 4.97. The first-order valence-electron chi connectivity index (χ1n) is 4.98. The molecule has 0 heterocycles. The maximum absolute atomic E-state index is 11.1. The van der Waals surface area contributed by atoms with Crippen molar-refractivity contribution >= 4 is 5.91 Å². The number of aliphatic hydroxyl groups is 1. The molecule has 16 heavy (non-hydrogen) atoms.